The molecule has 0 unspecified atom stereocenters. The first-order chi connectivity index (χ1) is 14.2. The molecule has 3 fully saturated rings. The van der Waals surface area contributed by atoms with E-state index in [0.29, 0.717) is 12.0 Å². The summed E-state index contributed by atoms with van der Waals surface area (Å²) >= 11 is 0. The minimum atomic E-state index is -0.378. The Morgan fingerprint density at radius 2 is 1.66 bits per heavy atom. The van der Waals surface area contributed by atoms with Crippen LogP contribution in [0.4, 0.5) is 10.3 Å². The second-order valence-corrected chi connectivity index (χ2v) is 9.22. The van der Waals surface area contributed by atoms with Gasteiger partial charge in [0.15, 0.2) is 5.82 Å². The number of nitrogens with zero attached hydrogens (tertiary/aromatic N) is 4. The average Bonchev–Trinajstić information content (AvgIpc) is 3.41. The van der Waals surface area contributed by atoms with Crippen molar-refractivity contribution in [2.24, 2.45) is 11.8 Å². The molecule has 0 N–H and O–H groups in total. The zero-order valence-electron chi connectivity index (χ0n) is 16.6. The van der Waals surface area contributed by atoms with Crippen LogP contribution in [0.2, 0.25) is 0 Å². The Hall–Kier alpha value is -2.05. The molecule has 6 heteroatoms. The number of benzene rings is 1. The van der Waals surface area contributed by atoms with Crippen molar-refractivity contribution in [3.63, 3.8) is 0 Å². The Morgan fingerprint density at radius 1 is 0.966 bits per heavy atom. The van der Waals surface area contributed by atoms with Crippen LogP contribution in [0, 0.1) is 17.7 Å². The van der Waals surface area contributed by atoms with Crippen molar-refractivity contribution in [1.82, 2.24) is 14.9 Å². The number of piperazine rings is 1. The largest absolute Gasteiger partial charge is 0.366 e. The van der Waals surface area contributed by atoms with E-state index in [1.54, 1.807) is 0 Å². The number of aromatic nitrogens is 2. The Kier molecular flexibility index (Phi) is 4.13. The number of hydrogen-bond donors (Lipinski definition) is 0. The van der Waals surface area contributed by atoms with Gasteiger partial charge in [-0.25, -0.2) is 14.4 Å². The number of rotatable bonds is 2. The quantitative estimate of drug-likeness (QED) is 0.781. The van der Waals surface area contributed by atoms with E-state index < -0.39 is 0 Å². The van der Waals surface area contributed by atoms with Crippen molar-refractivity contribution in [3.05, 3.63) is 53.6 Å². The van der Waals surface area contributed by atoms with E-state index in [1.165, 1.54) is 49.2 Å². The molecular formula is C23H27FN4O. The molecule has 29 heavy (non-hydrogen) atoms. The molecule has 6 rings (SSSR count). The van der Waals surface area contributed by atoms with Crippen molar-refractivity contribution in [2.75, 3.05) is 31.1 Å². The lowest BCUT2D eigenvalue weighted by Crippen LogP contribution is -2.50. The van der Waals surface area contributed by atoms with Gasteiger partial charge >= 0.3 is 0 Å². The van der Waals surface area contributed by atoms with E-state index >= 15 is 0 Å². The zero-order valence-corrected chi connectivity index (χ0v) is 16.6. The second kappa shape index (κ2) is 6.74. The Bertz CT molecular complexity index is 882. The molecule has 1 saturated heterocycles. The second-order valence-electron chi connectivity index (χ2n) is 9.22. The Morgan fingerprint density at radius 3 is 2.38 bits per heavy atom. The van der Waals surface area contributed by atoms with E-state index in [2.05, 4.69) is 44.0 Å². The molecule has 1 aromatic carbocycles. The van der Waals surface area contributed by atoms with Gasteiger partial charge in [-0.2, -0.15) is 0 Å². The lowest BCUT2D eigenvalue weighted by atomic mass is 9.88. The van der Waals surface area contributed by atoms with Crippen molar-refractivity contribution >= 4 is 5.95 Å². The number of anilines is 1. The third kappa shape index (κ3) is 2.96. The topological polar surface area (TPSA) is 41.5 Å². The minimum Gasteiger partial charge on any atom is -0.366 e. The summed E-state index contributed by atoms with van der Waals surface area (Å²) < 4.78 is 19.5. The summed E-state index contributed by atoms with van der Waals surface area (Å²) in [7, 11) is 0. The molecule has 152 valence electrons. The Labute approximate surface area is 170 Å². The lowest BCUT2D eigenvalue weighted by Gasteiger charge is -2.38. The molecule has 0 amide bonds. The summed E-state index contributed by atoms with van der Waals surface area (Å²) in [6.07, 6.45) is 7.48. The molecule has 0 radical (unpaired) electrons. The third-order valence-electron chi connectivity index (χ3n) is 7.73. The molecular weight excluding hydrogens is 367 g/mol. The molecule has 2 saturated carbocycles. The SMILES string of the molecule is Fc1cnc(N2CCN([C@@H]3C[C@@H]4C[C@@]5(C[C@@H]4C3)OCc3ccccc35)CC2)nc1. The molecule has 4 atom stereocenters. The van der Waals surface area contributed by atoms with Crippen LogP contribution in [0.3, 0.4) is 0 Å². The zero-order chi connectivity index (χ0) is 19.4. The predicted molar refractivity (Wildman–Crippen MR) is 108 cm³/mol. The standard InChI is InChI=1S/C23H27FN4O/c24-19-13-25-22(26-14-19)28-7-5-27(6-8-28)20-9-17-11-23(12-18(17)10-20)21-4-2-1-3-16(21)15-29-23/h1-4,13-14,17-18,20H,5-12,15H2/t17-,18+,20-,23+. The highest BCUT2D eigenvalue weighted by molar-refractivity contribution is 5.37. The van der Waals surface area contributed by atoms with Crippen molar-refractivity contribution < 1.29 is 9.13 Å². The maximum absolute atomic E-state index is 13.1. The van der Waals surface area contributed by atoms with E-state index in [9.17, 15) is 4.39 Å². The van der Waals surface area contributed by atoms with E-state index in [0.717, 1.165) is 44.6 Å². The molecule has 0 bridgehead atoms. The maximum Gasteiger partial charge on any atom is 0.225 e. The minimum absolute atomic E-state index is 0.00445. The van der Waals surface area contributed by atoms with Gasteiger partial charge in [-0.15, -0.1) is 0 Å². The number of hydrogen-bond acceptors (Lipinski definition) is 5. The fourth-order valence-corrected chi connectivity index (χ4v) is 6.39. The molecule has 2 aromatic rings. The van der Waals surface area contributed by atoms with Crippen LogP contribution in [0.25, 0.3) is 0 Å². The van der Waals surface area contributed by atoms with Gasteiger partial charge < -0.3 is 9.64 Å². The molecule has 1 spiro atoms. The van der Waals surface area contributed by atoms with Gasteiger partial charge in [0.25, 0.3) is 0 Å². The predicted octanol–water partition coefficient (Wildman–Crippen LogP) is 3.35. The van der Waals surface area contributed by atoms with Gasteiger partial charge in [-0.3, -0.25) is 4.90 Å². The van der Waals surface area contributed by atoms with Crippen LogP contribution < -0.4 is 4.90 Å². The highest BCUT2D eigenvalue weighted by Gasteiger charge is 2.54. The van der Waals surface area contributed by atoms with Gasteiger partial charge in [-0.1, -0.05) is 24.3 Å². The monoisotopic (exact) mass is 394 g/mol. The highest BCUT2D eigenvalue weighted by atomic mass is 19.1. The van der Waals surface area contributed by atoms with Crippen LogP contribution in [0.5, 0.6) is 0 Å². The normalized spacial score (nSPS) is 34.0. The summed E-state index contributed by atoms with van der Waals surface area (Å²) in [5.41, 5.74) is 2.84. The molecule has 5 nitrogen and oxygen atoms in total. The van der Waals surface area contributed by atoms with Gasteiger partial charge in [0.05, 0.1) is 24.6 Å². The summed E-state index contributed by atoms with van der Waals surface area (Å²) in [5.74, 6) is 1.83. The number of fused-ring (bicyclic) bond motifs is 3. The number of halogens is 1. The fourth-order valence-electron chi connectivity index (χ4n) is 6.39. The van der Waals surface area contributed by atoms with Crippen LogP contribution >= 0.6 is 0 Å². The molecule has 2 aliphatic heterocycles. The Balaban J connectivity index is 1.08. The fraction of sp³-hybridized carbons (Fsp3) is 0.565. The van der Waals surface area contributed by atoms with E-state index in [-0.39, 0.29) is 11.4 Å². The highest BCUT2D eigenvalue weighted by Crippen LogP contribution is 2.58. The average molecular weight is 394 g/mol. The van der Waals surface area contributed by atoms with Crippen LogP contribution in [-0.4, -0.2) is 47.1 Å². The lowest BCUT2D eigenvalue weighted by molar-refractivity contribution is -0.0404. The molecule has 4 aliphatic rings. The van der Waals surface area contributed by atoms with E-state index in [4.69, 9.17) is 4.74 Å². The summed E-state index contributed by atoms with van der Waals surface area (Å²) in [4.78, 5) is 13.1. The van der Waals surface area contributed by atoms with Crippen LogP contribution in [-0.2, 0) is 16.9 Å². The first-order valence-corrected chi connectivity index (χ1v) is 10.9. The first kappa shape index (κ1) is 17.8. The maximum atomic E-state index is 13.1. The summed E-state index contributed by atoms with van der Waals surface area (Å²) in [6.45, 7) is 4.69. The van der Waals surface area contributed by atoms with Crippen molar-refractivity contribution in [3.8, 4) is 0 Å². The van der Waals surface area contributed by atoms with Crippen molar-refractivity contribution in [1.29, 1.82) is 0 Å². The van der Waals surface area contributed by atoms with Gasteiger partial charge in [0, 0.05) is 32.2 Å². The third-order valence-corrected chi connectivity index (χ3v) is 7.73. The van der Waals surface area contributed by atoms with Crippen LogP contribution in [0.15, 0.2) is 36.7 Å². The molecule has 3 heterocycles. The summed E-state index contributed by atoms with van der Waals surface area (Å²) in [5, 5.41) is 0. The molecule has 1 aromatic heterocycles. The van der Waals surface area contributed by atoms with Gasteiger partial charge in [0.2, 0.25) is 5.95 Å². The summed E-state index contributed by atoms with van der Waals surface area (Å²) in [6, 6.07) is 9.50. The van der Waals surface area contributed by atoms with Gasteiger partial charge in [-0.05, 0) is 48.6 Å². The van der Waals surface area contributed by atoms with E-state index in [1.807, 2.05) is 0 Å². The van der Waals surface area contributed by atoms with Crippen molar-refractivity contribution in [2.45, 2.75) is 43.9 Å². The van der Waals surface area contributed by atoms with Crippen LogP contribution in [0.1, 0.15) is 36.8 Å². The molecule has 2 aliphatic carbocycles. The first-order valence-electron chi connectivity index (χ1n) is 10.9. The van der Waals surface area contributed by atoms with Gasteiger partial charge in [0.1, 0.15) is 0 Å². The smallest absolute Gasteiger partial charge is 0.225 e. The number of ether oxygens (including phenoxy) is 1.